The normalized spacial score (nSPS) is 22.4. The SMILES string of the molecule is [2H]C([2H])([2H])OC(=O)C1=C(CN2CCN3C(=O)N(CC(C)(C)C(=O)O)C[C@@H]3C2)NC(c2nccs2)=N[C@H]1c1ccc(F)cc1C#C. The highest BCUT2D eigenvalue weighted by Crippen LogP contribution is 2.35. The summed E-state index contributed by atoms with van der Waals surface area (Å²) in [6, 6.07) is 2.09. The number of aliphatic carboxylic acids is 1. The second-order valence-electron chi connectivity index (χ2n) is 10.9. The Kier molecular flexibility index (Phi) is 6.99. The zero-order valence-corrected chi connectivity index (χ0v) is 23.8. The van der Waals surface area contributed by atoms with Gasteiger partial charge in [0.2, 0.25) is 0 Å². The Morgan fingerprint density at radius 3 is 2.86 bits per heavy atom. The van der Waals surface area contributed by atoms with Crippen LogP contribution in [0.4, 0.5) is 9.18 Å². The number of hydrogen-bond donors (Lipinski definition) is 2. The summed E-state index contributed by atoms with van der Waals surface area (Å²) in [5, 5.41) is 15.0. The number of ether oxygens (including phenoxy) is 1. The fraction of sp³-hybridized carbons (Fsp3) is 0.414. The van der Waals surface area contributed by atoms with Gasteiger partial charge in [0.15, 0.2) is 10.8 Å². The number of hydrogen-bond acceptors (Lipinski definition) is 9. The van der Waals surface area contributed by atoms with Gasteiger partial charge in [-0.1, -0.05) is 12.0 Å². The fourth-order valence-corrected chi connectivity index (χ4v) is 6.06. The molecule has 42 heavy (non-hydrogen) atoms. The molecule has 1 aromatic carbocycles. The molecule has 3 aliphatic heterocycles. The fourth-order valence-electron chi connectivity index (χ4n) is 5.47. The number of terminal acetylenes is 1. The number of benzene rings is 1. The van der Waals surface area contributed by atoms with E-state index in [0.717, 1.165) is 6.07 Å². The van der Waals surface area contributed by atoms with Crippen molar-refractivity contribution >= 4 is 35.1 Å². The van der Waals surface area contributed by atoms with Gasteiger partial charge >= 0.3 is 18.0 Å². The first-order chi connectivity index (χ1) is 21.2. The van der Waals surface area contributed by atoms with Crippen molar-refractivity contribution in [2.75, 3.05) is 46.3 Å². The lowest BCUT2D eigenvalue weighted by Crippen LogP contribution is -2.53. The van der Waals surface area contributed by atoms with Crippen molar-refractivity contribution in [3.8, 4) is 12.3 Å². The van der Waals surface area contributed by atoms with Crippen LogP contribution in [0.1, 0.15) is 40.1 Å². The van der Waals surface area contributed by atoms with E-state index in [1.54, 1.807) is 35.2 Å². The van der Waals surface area contributed by atoms with E-state index in [1.807, 2.05) is 4.90 Å². The highest BCUT2D eigenvalue weighted by atomic mass is 32.1. The van der Waals surface area contributed by atoms with Crippen LogP contribution in [0, 0.1) is 23.6 Å². The quantitative estimate of drug-likeness (QED) is 0.351. The van der Waals surface area contributed by atoms with E-state index in [4.69, 9.17) is 20.3 Å². The molecule has 0 unspecified atom stereocenters. The molecule has 220 valence electrons. The number of carbonyl (C=O) groups excluding carboxylic acids is 2. The Morgan fingerprint density at radius 1 is 1.36 bits per heavy atom. The summed E-state index contributed by atoms with van der Waals surface area (Å²) in [4.78, 5) is 52.6. The Labute approximate surface area is 250 Å². The summed E-state index contributed by atoms with van der Waals surface area (Å²) in [6.07, 6.45) is 7.28. The van der Waals surface area contributed by atoms with Gasteiger partial charge in [0.1, 0.15) is 11.9 Å². The summed E-state index contributed by atoms with van der Waals surface area (Å²) in [5.41, 5.74) is -0.512. The predicted molar refractivity (Wildman–Crippen MR) is 153 cm³/mol. The number of aromatic nitrogens is 1. The first-order valence-corrected chi connectivity index (χ1v) is 14.0. The van der Waals surface area contributed by atoms with Crippen molar-refractivity contribution < 1.29 is 32.7 Å². The second kappa shape index (κ2) is 11.5. The van der Waals surface area contributed by atoms with Gasteiger partial charge in [-0.3, -0.25) is 14.7 Å². The van der Waals surface area contributed by atoms with E-state index in [2.05, 4.69) is 16.2 Å². The van der Waals surface area contributed by atoms with Crippen LogP contribution < -0.4 is 5.32 Å². The third-order valence-electron chi connectivity index (χ3n) is 7.60. The Bertz CT molecular complexity index is 1620. The third kappa shape index (κ3) is 5.60. The number of rotatable bonds is 8. The molecule has 0 radical (unpaired) electrons. The van der Waals surface area contributed by atoms with Gasteiger partial charge in [-0.05, 0) is 31.5 Å². The number of carboxylic acids is 1. The number of esters is 1. The summed E-state index contributed by atoms with van der Waals surface area (Å²) in [5.74, 6) is -0.0108. The largest absolute Gasteiger partial charge is 0.481 e. The molecule has 1 aromatic heterocycles. The molecule has 2 amide bonds. The number of piperazine rings is 1. The summed E-state index contributed by atoms with van der Waals surface area (Å²) >= 11 is 1.29. The van der Waals surface area contributed by atoms with Crippen LogP contribution in [0.15, 0.2) is 46.0 Å². The molecule has 2 N–H and O–H groups in total. The number of amidine groups is 1. The van der Waals surface area contributed by atoms with Gasteiger partial charge in [0.25, 0.3) is 0 Å². The van der Waals surface area contributed by atoms with Gasteiger partial charge in [-0.15, -0.1) is 17.8 Å². The van der Waals surface area contributed by atoms with Gasteiger partial charge in [0, 0.05) is 62.1 Å². The molecule has 0 aliphatic carbocycles. The number of methoxy groups -OCH3 is 1. The lowest BCUT2D eigenvalue weighted by molar-refractivity contribution is -0.147. The van der Waals surface area contributed by atoms with Crippen molar-refractivity contribution in [3.05, 3.63) is 63.0 Å². The molecule has 5 rings (SSSR count). The van der Waals surface area contributed by atoms with Crippen LogP contribution in [-0.4, -0.2) is 101 Å². The summed E-state index contributed by atoms with van der Waals surface area (Å²) < 4.78 is 41.7. The van der Waals surface area contributed by atoms with Crippen LogP contribution in [0.25, 0.3) is 0 Å². The summed E-state index contributed by atoms with van der Waals surface area (Å²) in [6.45, 7) is 4.77. The monoisotopic (exact) mass is 597 g/mol. The number of nitrogens with one attached hydrogen (secondary N) is 1. The van der Waals surface area contributed by atoms with Crippen molar-refractivity contribution in [2.45, 2.75) is 25.9 Å². The zero-order chi connectivity index (χ0) is 32.7. The van der Waals surface area contributed by atoms with E-state index >= 15 is 0 Å². The standard InChI is InChI=1S/C29H31FN6O5S/c1-5-17-12-18(30)6-7-20(17)23-22(26(37)41-4)21(32-24(33-23)25-31-8-11-42-25)15-34-9-10-36-19(13-34)14-35(28(36)40)16-29(2,3)27(38)39/h1,6-8,11-12,19,23H,9-10,13-16H2,2-4H3,(H,32,33)(H,38,39)/t19-,23-/m0/s1/i4D3. The minimum atomic E-state index is -3.06. The minimum absolute atomic E-state index is 0.0521. The van der Waals surface area contributed by atoms with Crippen LogP contribution in [0.5, 0.6) is 0 Å². The molecule has 2 fully saturated rings. The highest BCUT2D eigenvalue weighted by Gasteiger charge is 2.44. The number of urea groups is 1. The molecule has 4 heterocycles. The molecule has 13 heteroatoms. The molecule has 3 aliphatic rings. The van der Waals surface area contributed by atoms with E-state index in [-0.39, 0.29) is 36.3 Å². The van der Waals surface area contributed by atoms with E-state index in [1.165, 1.54) is 23.5 Å². The van der Waals surface area contributed by atoms with Crippen LogP contribution in [0.2, 0.25) is 0 Å². The number of aliphatic imine (C=N–C) groups is 1. The molecular weight excluding hydrogens is 563 g/mol. The van der Waals surface area contributed by atoms with Gasteiger partial charge in [-0.2, -0.15) is 0 Å². The molecule has 11 nitrogen and oxygen atoms in total. The maximum Gasteiger partial charge on any atom is 0.338 e. The number of carboxylic acid groups (broad SMARTS) is 1. The number of amides is 2. The predicted octanol–water partition coefficient (Wildman–Crippen LogP) is 2.31. The zero-order valence-electron chi connectivity index (χ0n) is 26.0. The molecule has 2 aromatic rings. The first kappa shape index (κ1) is 25.4. The minimum Gasteiger partial charge on any atom is -0.481 e. The number of fused-ring (bicyclic) bond motifs is 1. The summed E-state index contributed by atoms with van der Waals surface area (Å²) in [7, 11) is -3.06. The molecule has 2 saturated heterocycles. The molecule has 0 spiro atoms. The van der Waals surface area contributed by atoms with Crippen LogP contribution in [-0.2, 0) is 14.3 Å². The molecular formula is C29H31FN6O5S. The number of carbonyl (C=O) groups is 3. The van der Waals surface area contributed by atoms with Crippen molar-refractivity contribution in [2.24, 2.45) is 10.4 Å². The van der Waals surface area contributed by atoms with Crippen LogP contribution >= 0.6 is 11.3 Å². The molecule has 2 atom stereocenters. The number of thiazole rings is 1. The number of nitrogens with zero attached hydrogens (tertiary/aromatic N) is 5. The van der Waals surface area contributed by atoms with Crippen molar-refractivity contribution in [3.63, 3.8) is 0 Å². The van der Waals surface area contributed by atoms with Gasteiger partial charge in [-0.25, -0.2) is 19.0 Å². The first-order valence-electron chi connectivity index (χ1n) is 14.7. The van der Waals surface area contributed by atoms with E-state index in [9.17, 15) is 23.9 Å². The second-order valence-corrected chi connectivity index (χ2v) is 11.8. The van der Waals surface area contributed by atoms with E-state index < -0.39 is 36.3 Å². The topological polar surface area (TPSA) is 128 Å². The van der Waals surface area contributed by atoms with Gasteiger partial charge in [0.05, 0.1) is 28.2 Å². The molecule has 0 saturated carbocycles. The van der Waals surface area contributed by atoms with Crippen molar-refractivity contribution in [1.29, 1.82) is 0 Å². The Morgan fingerprint density at radius 2 is 2.17 bits per heavy atom. The third-order valence-corrected chi connectivity index (χ3v) is 8.38. The smallest absolute Gasteiger partial charge is 0.338 e. The maximum absolute atomic E-state index is 14.2. The average molecular weight is 598 g/mol. The van der Waals surface area contributed by atoms with Gasteiger partial charge < -0.3 is 25.0 Å². The lowest BCUT2D eigenvalue weighted by Gasteiger charge is -2.38. The highest BCUT2D eigenvalue weighted by molar-refractivity contribution is 7.11. The van der Waals surface area contributed by atoms with E-state index in [0.29, 0.717) is 48.3 Å². The Balaban J connectivity index is 1.50. The number of halogens is 1. The van der Waals surface area contributed by atoms with Crippen molar-refractivity contribution in [1.82, 2.24) is 25.0 Å². The average Bonchev–Trinajstić information content (AvgIpc) is 3.60. The lowest BCUT2D eigenvalue weighted by atomic mass is 9.92. The Hall–Kier alpha value is -4.28. The van der Waals surface area contributed by atoms with Crippen LogP contribution in [0.3, 0.4) is 0 Å². The maximum atomic E-state index is 14.2. The molecule has 0 bridgehead atoms.